The van der Waals surface area contributed by atoms with Crippen LogP contribution in [0.1, 0.15) is 16.1 Å². The molecule has 1 aromatic heterocycles. The molecule has 0 atom stereocenters. The van der Waals surface area contributed by atoms with E-state index in [0.29, 0.717) is 5.69 Å². The first-order valence-electron chi connectivity index (χ1n) is 8.49. The van der Waals surface area contributed by atoms with Crippen LogP contribution in [0.25, 0.3) is 21.5 Å². The number of carbonyl (C=O) groups excluding carboxylic acids is 1. The van der Waals surface area contributed by atoms with E-state index in [4.69, 9.17) is 4.74 Å². The lowest BCUT2D eigenvalue weighted by molar-refractivity contribution is 0.0463. The van der Waals surface area contributed by atoms with Gasteiger partial charge in [-0.2, -0.15) is 0 Å². The lowest BCUT2D eigenvalue weighted by Gasteiger charge is -2.08. The number of hydrogen-bond acceptors (Lipinski definition) is 2. The minimum absolute atomic E-state index is 0.281. The van der Waals surface area contributed by atoms with Crippen LogP contribution >= 0.6 is 0 Å². The second-order valence-corrected chi connectivity index (χ2v) is 6.07. The molecule has 0 bridgehead atoms. The molecular formula is C21H18BNO2. The van der Waals surface area contributed by atoms with Crippen molar-refractivity contribution in [1.29, 1.82) is 0 Å². The van der Waals surface area contributed by atoms with E-state index in [9.17, 15) is 4.79 Å². The lowest BCUT2D eigenvalue weighted by Crippen LogP contribution is -2.12. The molecule has 0 fully saturated rings. The van der Waals surface area contributed by atoms with Crippen molar-refractivity contribution in [2.45, 2.75) is 13.1 Å². The van der Waals surface area contributed by atoms with Crippen LogP contribution < -0.4 is 0 Å². The summed E-state index contributed by atoms with van der Waals surface area (Å²) in [6.45, 7) is 0.281. The fourth-order valence-electron chi connectivity index (χ4n) is 3.28. The first-order valence-corrected chi connectivity index (χ1v) is 8.49. The highest BCUT2D eigenvalue weighted by Gasteiger charge is 2.19. The van der Waals surface area contributed by atoms with E-state index >= 15 is 0 Å². The average Bonchev–Trinajstić information content (AvgIpc) is 3.06. The highest BCUT2D eigenvalue weighted by molar-refractivity contribution is 6.15. The van der Waals surface area contributed by atoms with Gasteiger partial charge in [-0.25, -0.2) is 4.79 Å². The fraction of sp³-hybridized carbons (Fsp3) is 0.0952. The molecule has 122 valence electrons. The molecule has 3 nitrogen and oxygen atoms in total. The molecule has 0 saturated heterocycles. The third-order valence-electron chi connectivity index (χ3n) is 4.54. The maximum Gasteiger partial charge on any atom is 0.355 e. The van der Waals surface area contributed by atoms with Crippen molar-refractivity contribution in [3.63, 3.8) is 0 Å². The SMILES string of the molecule is BCn1cc2c(ccc3ccccc32)c1C(=O)OCc1ccccc1. The molecule has 4 heteroatoms. The summed E-state index contributed by atoms with van der Waals surface area (Å²) in [5, 5.41) is 4.36. The quantitative estimate of drug-likeness (QED) is 0.422. The Labute approximate surface area is 147 Å². The summed E-state index contributed by atoms with van der Waals surface area (Å²) in [6, 6.07) is 22.1. The Hall–Kier alpha value is -3.01. The number of fused-ring (bicyclic) bond motifs is 3. The minimum atomic E-state index is -0.281. The van der Waals surface area contributed by atoms with Crippen LogP contribution in [-0.2, 0) is 17.8 Å². The van der Waals surface area contributed by atoms with Crippen molar-refractivity contribution in [3.05, 3.63) is 84.2 Å². The summed E-state index contributed by atoms with van der Waals surface area (Å²) in [7, 11) is 2.04. The molecule has 25 heavy (non-hydrogen) atoms. The number of benzene rings is 3. The predicted octanol–water partition coefficient (Wildman–Crippen LogP) is 3.74. The average molecular weight is 327 g/mol. The van der Waals surface area contributed by atoms with Crippen LogP contribution in [0.2, 0.25) is 0 Å². The Balaban J connectivity index is 1.75. The van der Waals surface area contributed by atoms with Gasteiger partial charge in [0.1, 0.15) is 20.1 Å². The van der Waals surface area contributed by atoms with Gasteiger partial charge in [0, 0.05) is 17.0 Å². The van der Waals surface area contributed by atoms with Crippen LogP contribution in [0.5, 0.6) is 0 Å². The van der Waals surface area contributed by atoms with E-state index in [1.165, 1.54) is 5.39 Å². The number of esters is 1. The monoisotopic (exact) mass is 327 g/mol. The van der Waals surface area contributed by atoms with Crippen LogP contribution in [0, 0.1) is 0 Å². The third kappa shape index (κ3) is 2.80. The van der Waals surface area contributed by atoms with Crippen LogP contribution in [-0.4, -0.2) is 18.4 Å². The topological polar surface area (TPSA) is 31.2 Å². The van der Waals surface area contributed by atoms with E-state index in [0.717, 1.165) is 28.2 Å². The fourth-order valence-corrected chi connectivity index (χ4v) is 3.28. The van der Waals surface area contributed by atoms with Crippen molar-refractivity contribution >= 4 is 35.4 Å². The van der Waals surface area contributed by atoms with Gasteiger partial charge in [-0.15, -0.1) is 0 Å². The molecule has 0 unspecified atom stereocenters. The lowest BCUT2D eigenvalue weighted by atomic mass is 10.0. The molecule has 0 spiro atoms. The highest BCUT2D eigenvalue weighted by atomic mass is 16.5. The Morgan fingerprint density at radius 2 is 1.64 bits per heavy atom. The van der Waals surface area contributed by atoms with Gasteiger partial charge in [0.15, 0.2) is 0 Å². The van der Waals surface area contributed by atoms with Gasteiger partial charge >= 0.3 is 5.97 Å². The van der Waals surface area contributed by atoms with Crippen molar-refractivity contribution in [2.24, 2.45) is 0 Å². The maximum absolute atomic E-state index is 12.8. The Bertz CT molecular complexity index is 1050. The Kier molecular flexibility index (Phi) is 4.02. The molecule has 4 aromatic rings. The van der Waals surface area contributed by atoms with Crippen molar-refractivity contribution in [2.75, 3.05) is 0 Å². The maximum atomic E-state index is 12.8. The second kappa shape index (κ2) is 6.48. The van der Waals surface area contributed by atoms with Gasteiger partial charge in [0.2, 0.25) is 0 Å². The van der Waals surface area contributed by atoms with Gasteiger partial charge in [-0.3, -0.25) is 0 Å². The third-order valence-corrected chi connectivity index (χ3v) is 4.54. The van der Waals surface area contributed by atoms with Crippen molar-refractivity contribution < 1.29 is 9.53 Å². The molecule has 0 aliphatic rings. The summed E-state index contributed by atoms with van der Waals surface area (Å²) in [5.41, 5.74) is 1.61. The van der Waals surface area contributed by atoms with E-state index in [-0.39, 0.29) is 12.6 Å². The van der Waals surface area contributed by atoms with Crippen LogP contribution in [0.15, 0.2) is 72.9 Å². The molecule has 0 radical (unpaired) electrons. The zero-order valence-electron chi connectivity index (χ0n) is 14.1. The first-order chi connectivity index (χ1) is 12.3. The zero-order valence-corrected chi connectivity index (χ0v) is 14.1. The van der Waals surface area contributed by atoms with E-state index in [1.54, 1.807) is 0 Å². The largest absolute Gasteiger partial charge is 0.456 e. The zero-order chi connectivity index (χ0) is 17.2. The number of ether oxygens (including phenoxy) is 1. The molecule has 0 N–H and O–H groups in total. The van der Waals surface area contributed by atoms with Crippen LogP contribution in [0.3, 0.4) is 0 Å². The number of rotatable bonds is 4. The summed E-state index contributed by atoms with van der Waals surface area (Å²) in [4.78, 5) is 12.8. The smallest absolute Gasteiger partial charge is 0.355 e. The standard InChI is InChI=1S/C21H18BNO2/c22-14-23-12-19-17-9-5-4-8-16(17)10-11-18(19)20(23)21(24)25-13-15-6-2-1-3-7-15/h1-12H,13-14,22H2. The highest BCUT2D eigenvalue weighted by Crippen LogP contribution is 2.29. The Morgan fingerprint density at radius 1 is 0.880 bits per heavy atom. The summed E-state index contributed by atoms with van der Waals surface area (Å²) in [5.74, 6) is -0.281. The molecule has 0 aliphatic heterocycles. The molecule has 0 aliphatic carbocycles. The number of hydrogen-bond donors (Lipinski definition) is 0. The Morgan fingerprint density at radius 3 is 2.44 bits per heavy atom. The van der Waals surface area contributed by atoms with Crippen molar-refractivity contribution in [1.82, 2.24) is 4.57 Å². The van der Waals surface area contributed by atoms with Crippen LogP contribution in [0.4, 0.5) is 0 Å². The number of nitrogens with zero attached hydrogens (tertiary/aromatic N) is 1. The number of aromatic nitrogens is 1. The normalized spacial score (nSPS) is 11.0. The predicted molar refractivity (Wildman–Crippen MR) is 104 cm³/mol. The van der Waals surface area contributed by atoms with Crippen molar-refractivity contribution in [3.8, 4) is 0 Å². The molecule has 3 aromatic carbocycles. The second-order valence-electron chi connectivity index (χ2n) is 6.07. The molecule has 4 rings (SSSR count). The van der Waals surface area contributed by atoms with E-state index in [2.05, 4.69) is 24.4 Å². The summed E-state index contributed by atoms with van der Waals surface area (Å²) >= 11 is 0. The van der Waals surface area contributed by atoms with Gasteiger partial charge < -0.3 is 9.30 Å². The van der Waals surface area contributed by atoms with Gasteiger partial charge in [0.25, 0.3) is 0 Å². The minimum Gasteiger partial charge on any atom is -0.456 e. The van der Waals surface area contributed by atoms with Gasteiger partial charge in [-0.1, -0.05) is 66.7 Å². The van der Waals surface area contributed by atoms with Gasteiger partial charge in [0.05, 0.1) is 0 Å². The number of carbonyl (C=O) groups is 1. The van der Waals surface area contributed by atoms with E-state index < -0.39 is 0 Å². The first kappa shape index (κ1) is 15.5. The molecule has 0 amide bonds. The molecule has 0 saturated carbocycles. The summed E-state index contributed by atoms with van der Waals surface area (Å²) < 4.78 is 7.55. The molecular weight excluding hydrogens is 309 g/mol. The van der Waals surface area contributed by atoms with Gasteiger partial charge in [-0.05, 0) is 22.8 Å². The molecule has 1 heterocycles. The van der Waals surface area contributed by atoms with E-state index in [1.807, 2.05) is 60.9 Å². The summed E-state index contributed by atoms with van der Waals surface area (Å²) in [6.07, 6.45) is 2.77.